The third-order valence-electron chi connectivity index (χ3n) is 5.03. The molecule has 0 saturated heterocycles. The van der Waals surface area contributed by atoms with Crippen LogP contribution in [0.15, 0.2) is 24.3 Å². The minimum atomic E-state index is -0.982. The topological polar surface area (TPSA) is 177 Å². The zero-order valence-corrected chi connectivity index (χ0v) is 20.4. The third kappa shape index (κ3) is 11.0. The van der Waals surface area contributed by atoms with E-state index in [9.17, 15) is 28.8 Å². The van der Waals surface area contributed by atoms with Gasteiger partial charge in [-0.3, -0.25) is 19.2 Å². The van der Waals surface area contributed by atoms with E-state index in [4.69, 9.17) is 18.7 Å². The van der Waals surface area contributed by atoms with Gasteiger partial charge in [-0.2, -0.15) is 0 Å². The van der Waals surface area contributed by atoms with Crippen molar-refractivity contribution in [2.45, 2.75) is 39.2 Å². The van der Waals surface area contributed by atoms with Crippen molar-refractivity contribution in [3.63, 3.8) is 0 Å². The van der Waals surface area contributed by atoms with E-state index in [0.29, 0.717) is 12.1 Å². The Labute approximate surface area is 210 Å². The number of anilines is 1. The van der Waals surface area contributed by atoms with Crippen molar-refractivity contribution in [1.82, 2.24) is 16.0 Å². The van der Waals surface area contributed by atoms with Crippen molar-refractivity contribution in [1.29, 1.82) is 0 Å². The number of urea groups is 1. The van der Waals surface area contributed by atoms with Gasteiger partial charge in [0.2, 0.25) is 11.8 Å². The van der Waals surface area contributed by atoms with Gasteiger partial charge in [0, 0.05) is 30.1 Å². The highest BCUT2D eigenvalue weighted by Gasteiger charge is 2.29. The molecule has 0 unspecified atom stereocenters. The first-order valence-electron chi connectivity index (χ1n) is 11.5. The summed E-state index contributed by atoms with van der Waals surface area (Å²) in [4.78, 5) is 71.6. The summed E-state index contributed by atoms with van der Waals surface area (Å²) in [7, 11) is 0. The molecule has 0 fully saturated rings. The number of ketones is 1. The van der Waals surface area contributed by atoms with E-state index in [2.05, 4.69) is 21.3 Å². The molecule has 11 nitrogen and oxygen atoms in total. The predicted molar refractivity (Wildman–Crippen MR) is 131 cm³/mol. The van der Waals surface area contributed by atoms with Gasteiger partial charge in [-0.15, -0.1) is 11.6 Å². The highest BCUT2D eigenvalue weighted by molar-refractivity contribution is 6.29. The van der Waals surface area contributed by atoms with Crippen LogP contribution in [-0.2, 0) is 19.2 Å². The lowest BCUT2D eigenvalue weighted by molar-refractivity contribution is -0.131. The van der Waals surface area contributed by atoms with E-state index in [1.165, 1.54) is 24.3 Å². The van der Waals surface area contributed by atoms with Crippen LogP contribution in [0.4, 0.5) is 10.5 Å². The first-order chi connectivity index (χ1) is 16.9. The monoisotopic (exact) mass is 510 g/mol. The number of hydrogen-bond donors (Lipinski definition) is 5. The highest BCUT2D eigenvalue weighted by atomic mass is 35.5. The van der Waals surface area contributed by atoms with Crippen molar-refractivity contribution in [3.8, 4) is 0 Å². The molecular weight excluding hydrogens is 478 g/mol. The Kier molecular flexibility index (Phi) is 12.2. The summed E-state index contributed by atoms with van der Waals surface area (Å²) >= 11 is 5.46. The molecule has 2 atom stereocenters. The predicted octanol–water partition coefficient (Wildman–Crippen LogP) is 0.957. The number of carbonyl (C=O) groups is 6. The fourth-order valence-electron chi connectivity index (χ4n) is 3.27. The van der Waals surface area contributed by atoms with Crippen molar-refractivity contribution < 1.29 is 30.1 Å². The van der Waals surface area contributed by atoms with Crippen LogP contribution >= 0.6 is 11.6 Å². The number of rotatable bonds is 15. The number of nitrogens with two attached hydrogens (primary N) is 1. The van der Waals surface area contributed by atoms with Gasteiger partial charge in [-0.1, -0.05) is 13.8 Å². The van der Waals surface area contributed by atoms with E-state index in [-0.39, 0.29) is 42.5 Å². The lowest BCUT2D eigenvalue weighted by atomic mass is 9.89. The largest absolute Gasteiger partial charge is 0.352 e. The average molecular weight is 511 g/mol. The van der Waals surface area contributed by atoms with Crippen LogP contribution in [0.25, 0.3) is 0 Å². The second-order valence-corrected chi connectivity index (χ2v) is 8.38. The molecule has 0 bridgehead atoms. The molecule has 0 spiro atoms. The Morgan fingerprint density at radius 3 is 2.31 bits per heavy atom. The van der Waals surface area contributed by atoms with Gasteiger partial charge in [-0.05, 0) is 43.0 Å². The smallest absolute Gasteiger partial charge is 0.312 e. The van der Waals surface area contributed by atoms with Crippen LogP contribution in [0.3, 0.4) is 0 Å². The van der Waals surface area contributed by atoms with Crippen molar-refractivity contribution >= 4 is 53.1 Å². The van der Waals surface area contributed by atoms with Crippen LogP contribution < -0.4 is 27.0 Å². The summed E-state index contributed by atoms with van der Waals surface area (Å²) in [6, 6.07) is 4.41. The maximum atomic E-state index is 13.1. The molecule has 35 heavy (non-hydrogen) atoms. The quantitative estimate of drug-likeness (QED) is 0.133. The van der Waals surface area contributed by atoms with Crippen LogP contribution in [0, 0.1) is 11.8 Å². The van der Waals surface area contributed by atoms with E-state index >= 15 is 0 Å². The van der Waals surface area contributed by atoms with Crippen molar-refractivity contribution in [3.05, 3.63) is 29.8 Å². The summed E-state index contributed by atoms with van der Waals surface area (Å²) in [5, 5.41) is 9.98. The Balaban J connectivity index is 2.89. The number of Topliss-reactive ketones (excluding diaryl/α,β-unsaturated/α-hetero) is 1. The van der Waals surface area contributed by atoms with Crippen LogP contribution in [0.2, 0.25) is 0 Å². The molecule has 0 aliphatic carbocycles. The van der Waals surface area contributed by atoms with Crippen LogP contribution in [0.5, 0.6) is 0 Å². The van der Waals surface area contributed by atoms with Gasteiger partial charge >= 0.3 is 6.03 Å². The molecule has 6 N–H and O–H groups in total. The molecule has 1 aromatic carbocycles. The Bertz CT molecular complexity index is 957. The maximum absolute atomic E-state index is 13.1. The molecule has 5 amide bonds. The number of alkyl halides is 1. The normalized spacial score (nSPS) is 12.6. The number of primary amides is 1. The maximum Gasteiger partial charge on any atom is 0.312 e. The Morgan fingerprint density at radius 2 is 1.77 bits per heavy atom. The molecule has 0 heterocycles. The number of carbonyl (C=O) groups excluding carboxylic acids is 6. The van der Waals surface area contributed by atoms with E-state index < -0.39 is 48.5 Å². The molecule has 1 rings (SSSR count). The molecule has 0 radical (unpaired) electrons. The minimum Gasteiger partial charge on any atom is -0.352 e. The fraction of sp³-hybridized carbons (Fsp3) is 0.478. The minimum absolute atomic E-state index is 0.191. The second-order valence-electron chi connectivity index (χ2n) is 8.12. The fourth-order valence-corrected chi connectivity index (χ4v) is 3.33. The molecule has 0 saturated carbocycles. The van der Waals surface area contributed by atoms with Gasteiger partial charge < -0.3 is 31.8 Å². The lowest BCUT2D eigenvalue weighted by Gasteiger charge is -2.24. The van der Waals surface area contributed by atoms with E-state index in [1.807, 2.05) is 0 Å². The highest BCUT2D eigenvalue weighted by Crippen LogP contribution is 2.17. The molecule has 0 aromatic heterocycles. The number of amides is 5. The van der Waals surface area contributed by atoms with Gasteiger partial charge in [0.15, 0.2) is 5.78 Å². The number of benzene rings is 1. The zero-order valence-electron chi connectivity index (χ0n) is 20.7. The average Bonchev–Trinajstić information content (AvgIpc) is 2.82. The molecule has 0 aliphatic rings. The summed E-state index contributed by atoms with van der Waals surface area (Å²) in [5.74, 6) is -3.20. The van der Waals surface area contributed by atoms with Crippen LogP contribution in [0.1, 0.15) is 44.8 Å². The van der Waals surface area contributed by atoms with Gasteiger partial charge in [0.05, 0.1) is 12.6 Å². The van der Waals surface area contributed by atoms with Crippen LogP contribution in [-0.4, -0.2) is 60.8 Å². The number of nitrogens with one attached hydrogen (secondary N) is 4. The molecule has 192 valence electrons. The van der Waals surface area contributed by atoms with E-state index in [0.717, 1.165) is 0 Å². The molecule has 12 heteroatoms. The number of hydrogen-bond acceptors (Lipinski definition) is 6. The lowest BCUT2D eigenvalue weighted by Crippen LogP contribution is -2.46. The standard InChI is InChI=1S/C23H32ClN5O6/c1-14(2)20(29-22(34)15-5-7-17(8-6-15)28-19(32)13-24)18(31)12-16(21(33)26-10-11-30)4-3-9-27-23(25)35/h5-8,11,14,16,20H,3-4,9-10,12-13H2,1-2H3,(H,26,33)(H,28,32)(H,29,34)(H3,25,27,35)/t16-,20+/m1/s1/i11D. The SMILES string of the molecule is [2H]C(=O)CNC(=O)[C@H](CCCNC(N)=O)CC(=O)[C@@H](NC(=O)c1ccc(NC(=O)CCl)cc1)C(C)C. The molecular formula is C23H32ClN5O6. The van der Waals surface area contributed by atoms with E-state index in [1.54, 1.807) is 13.8 Å². The zero-order chi connectivity index (χ0) is 27.3. The Morgan fingerprint density at radius 1 is 1.11 bits per heavy atom. The number of halogens is 1. The van der Waals surface area contributed by atoms with Gasteiger partial charge in [-0.25, -0.2) is 4.79 Å². The summed E-state index contributed by atoms with van der Waals surface area (Å²) < 4.78 is 6.95. The first kappa shape index (κ1) is 27.8. The number of aldehydes is 1. The second kappa shape index (κ2) is 15.4. The Hall–Kier alpha value is -3.47. The molecule has 1 aromatic rings. The van der Waals surface area contributed by atoms with Gasteiger partial charge in [0.1, 0.15) is 13.5 Å². The molecule has 0 aliphatic heterocycles. The van der Waals surface area contributed by atoms with Crippen molar-refractivity contribution in [2.24, 2.45) is 17.6 Å². The van der Waals surface area contributed by atoms with Gasteiger partial charge in [0.25, 0.3) is 5.91 Å². The third-order valence-corrected chi connectivity index (χ3v) is 5.28. The first-order valence-corrected chi connectivity index (χ1v) is 11.6. The summed E-state index contributed by atoms with van der Waals surface area (Å²) in [6.07, 6.45) is -0.655. The summed E-state index contributed by atoms with van der Waals surface area (Å²) in [6.45, 7) is 3.20. The van der Waals surface area contributed by atoms with Crippen molar-refractivity contribution in [2.75, 3.05) is 24.3 Å². The summed E-state index contributed by atoms with van der Waals surface area (Å²) in [5.41, 5.74) is 5.75.